The molecule has 0 radical (unpaired) electrons. The molecule has 0 unspecified atom stereocenters. The van der Waals surface area contributed by atoms with Crippen LogP contribution in [0.5, 0.6) is 0 Å². The summed E-state index contributed by atoms with van der Waals surface area (Å²) in [6.45, 7) is 0. The molecule has 1 heterocycles. The van der Waals surface area contributed by atoms with Gasteiger partial charge in [0.25, 0.3) is 0 Å². The van der Waals surface area contributed by atoms with Gasteiger partial charge in [-0.25, -0.2) is 9.78 Å². The van der Waals surface area contributed by atoms with Crippen LogP contribution >= 0.6 is 24.0 Å². The van der Waals surface area contributed by atoms with Gasteiger partial charge in [0.15, 0.2) is 0 Å². The van der Waals surface area contributed by atoms with Crippen molar-refractivity contribution in [1.82, 2.24) is 4.98 Å². The van der Waals surface area contributed by atoms with Gasteiger partial charge in [-0.05, 0) is 12.1 Å². The maximum Gasteiger partial charge on any atom is 0.338 e. The third kappa shape index (κ3) is 2.10. The molecule has 0 saturated heterocycles. The van der Waals surface area contributed by atoms with E-state index in [1.165, 1.54) is 7.11 Å². The Morgan fingerprint density at radius 2 is 2.06 bits per heavy atom. The number of fused-ring (bicyclic) bond motifs is 1. The lowest BCUT2D eigenvalue weighted by atomic mass is 10.1. The summed E-state index contributed by atoms with van der Waals surface area (Å²) < 4.78 is 4.68. The fourth-order valence-electron chi connectivity index (χ4n) is 1.46. The van der Waals surface area contributed by atoms with Gasteiger partial charge >= 0.3 is 5.97 Å². The van der Waals surface area contributed by atoms with Gasteiger partial charge in [0.2, 0.25) is 0 Å². The fourth-order valence-corrected chi connectivity index (χ4v) is 1.68. The second-order valence-electron chi connectivity index (χ2n) is 2.99. The summed E-state index contributed by atoms with van der Waals surface area (Å²) in [7, 11) is 1.35. The second kappa shape index (κ2) is 5.14. The third-order valence-electron chi connectivity index (χ3n) is 2.16. The van der Waals surface area contributed by atoms with Gasteiger partial charge in [-0.15, -0.1) is 12.4 Å². The molecular weight excluding hydrogens is 249 g/mol. The van der Waals surface area contributed by atoms with Crippen LogP contribution < -0.4 is 0 Å². The summed E-state index contributed by atoms with van der Waals surface area (Å²) >= 11 is 5.91. The number of nitrogens with zero attached hydrogens (tertiary/aromatic N) is 1. The molecule has 0 aliphatic heterocycles. The molecule has 84 valence electrons. The molecule has 1 aromatic carbocycles. The minimum atomic E-state index is -0.372. The normalized spacial score (nSPS) is 9.62. The summed E-state index contributed by atoms with van der Waals surface area (Å²) in [6, 6.07) is 7.01. The van der Waals surface area contributed by atoms with E-state index in [2.05, 4.69) is 9.72 Å². The lowest BCUT2D eigenvalue weighted by molar-refractivity contribution is 0.0603. The lowest BCUT2D eigenvalue weighted by Gasteiger charge is -2.04. The van der Waals surface area contributed by atoms with Crippen LogP contribution in [-0.4, -0.2) is 18.1 Å². The number of hydrogen-bond acceptors (Lipinski definition) is 3. The summed E-state index contributed by atoms with van der Waals surface area (Å²) in [5.74, 6) is -0.372. The molecule has 0 aliphatic rings. The molecular formula is C11H9Cl2NO2. The quantitative estimate of drug-likeness (QED) is 0.582. The predicted molar refractivity (Wildman–Crippen MR) is 65.3 cm³/mol. The Morgan fingerprint density at radius 3 is 2.75 bits per heavy atom. The van der Waals surface area contributed by atoms with Gasteiger partial charge in [0.05, 0.1) is 12.7 Å². The molecule has 0 fully saturated rings. The van der Waals surface area contributed by atoms with Crippen molar-refractivity contribution < 1.29 is 9.53 Å². The molecule has 16 heavy (non-hydrogen) atoms. The van der Waals surface area contributed by atoms with Crippen LogP contribution in [0, 0.1) is 0 Å². The summed E-state index contributed by atoms with van der Waals surface area (Å²) in [5.41, 5.74) is 0.499. The van der Waals surface area contributed by atoms with Crippen LogP contribution in [0.15, 0.2) is 30.5 Å². The first-order chi connectivity index (χ1) is 7.24. The van der Waals surface area contributed by atoms with E-state index in [4.69, 9.17) is 11.6 Å². The Bertz CT molecular complexity index is 528. The highest BCUT2D eigenvalue weighted by Gasteiger charge is 2.10. The van der Waals surface area contributed by atoms with Crippen LogP contribution in [-0.2, 0) is 4.74 Å². The third-order valence-corrected chi connectivity index (χ3v) is 2.46. The van der Waals surface area contributed by atoms with E-state index in [1.54, 1.807) is 24.4 Å². The van der Waals surface area contributed by atoms with Crippen molar-refractivity contribution >= 4 is 40.7 Å². The number of hydrogen-bond donors (Lipinski definition) is 0. The number of ether oxygens (including phenoxy) is 1. The van der Waals surface area contributed by atoms with E-state index >= 15 is 0 Å². The van der Waals surface area contributed by atoms with E-state index in [9.17, 15) is 4.79 Å². The zero-order valence-electron chi connectivity index (χ0n) is 8.44. The Kier molecular flexibility index (Phi) is 4.10. The molecule has 0 spiro atoms. The fraction of sp³-hybridized carbons (Fsp3) is 0.0909. The SMILES string of the molecule is COC(=O)c1cccc2c(Cl)nccc12.Cl. The first-order valence-electron chi connectivity index (χ1n) is 4.35. The van der Waals surface area contributed by atoms with Gasteiger partial charge < -0.3 is 4.74 Å². The Morgan fingerprint density at radius 1 is 1.31 bits per heavy atom. The van der Waals surface area contributed by atoms with Crippen LogP contribution in [0.3, 0.4) is 0 Å². The highest BCUT2D eigenvalue weighted by atomic mass is 35.5. The van der Waals surface area contributed by atoms with Gasteiger partial charge in [0.1, 0.15) is 5.15 Å². The summed E-state index contributed by atoms with van der Waals surface area (Å²) in [5, 5.41) is 1.89. The topological polar surface area (TPSA) is 39.2 Å². The summed E-state index contributed by atoms with van der Waals surface area (Å²) in [4.78, 5) is 15.4. The van der Waals surface area contributed by atoms with Gasteiger partial charge in [0, 0.05) is 17.0 Å². The number of methoxy groups -OCH3 is 1. The molecule has 0 aliphatic carbocycles. The van der Waals surface area contributed by atoms with Gasteiger partial charge in [-0.2, -0.15) is 0 Å². The molecule has 0 atom stereocenters. The number of benzene rings is 1. The highest BCUT2D eigenvalue weighted by Crippen LogP contribution is 2.24. The molecule has 2 aromatic rings. The van der Waals surface area contributed by atoms with Gasteiger partial charge in [-0.3, -0.25) is 0 Å². The minimum Gasteiger partial charge on any atom is -0.465 e. The number of halogens is 2. The average molecular weight is 258 g/mol. The number of aromatic nitrogens is 1. The molecule has 0 saturated carbocycles. The molecule has 3 nitrogen and oxygen atoms in total. The monoisotopic (exact) mass is 257 g/mol. The van der Waals surface area contributed by atoms with Crippen molar-refractivity contribution in [3.8, 4) is 0 Å². The zero-order valence-corrected chi connectivity index (χ0v) is 10.0. The van der Waals surface area contributed by atoms with Crippen molar-refractivity contribution in [3.63, 3.8) is 0 Å². The molecule has 2 rings (SSSR count). The van der Waals surface area contributed by atoms with Crippen LogP contribution in [0.4, 0.5) is 0 Å². The van der Waals surface area contributed by atoms with E-state index in [0.29, 0.717) is 10.7 Å². The minimum absolute atomic E-state index is 0. The van der Waals surface area contributed by atoms with Crippen LogP contribution in [0.2, 0.25) is 5.15 Å². The molecule has 1 aromatic heterocycles. The van der Waals surface area contributed by atoms with E-state index in [0.717, 1.165) is 10.8 Å². The molecule has 0 amide bonds. The number of pyridine rings is 1. The maximum absolute atomic E-state index is 11.5. The first kappa shape index (κ1) is 12.7. The van der Waals surface area contributed by atoms with Crippen molar-refractivity contribution in [2.45, 2.75) is 0 Å². The van der Waals surface area contributed by atoms with Gasteiger partial charge in [-0.1, -0.05) is 23.7 Å². The predicted octanol–water partition coefficient (Wildman–Crippen LogP) is 3.10. The van der Waals surface area contributed by atoms with Crippen molar-refractivity contribution in [2.75, 3.05) is 7.11 Å². The maximum atomic E-state index is 11.5. The van der Waals surface area contributed by atoms with E-state index < -0.39 is 0 Å². The second-order valence-corrected chi connectivity index (χ2v) is 3.35. The van der Waals surface area contributed by atoms with Crippen molar-refractivity contribution in [1.29, 1.82) is 0 Å². The van der Waals surface area contributed by atoms with E-state index in [1.807, 2.05) is 6.07 Å². The smallest absolute Gasteiger partial charge is 0.338 e. The zero-order chi connectivity index (χ0) is 10.8. The number of carbonyl (C=O) groups excluding carboxylic acids is 1. The van der Waals surface area contributed by atoms with Crippen molar-refractivity contribution in [2.24, 2.45) is 0 Å². The van der Waals surface area contributed by atoms with Crippen LogP contribution in [0.25, 0.3) is 10.8 Å². The number of rotatable bonds is 1. The van der Waals surface area contributed by atoms with Crippen LogP contribution in [0.1, 0.15) is 10.4 Å². The molecule has 0 N–H and O–H groups in total. The van der Waals surface area contributed by atoms with E-state index in [-0.39, 0.29) is 18.4 Å². The Balaban J connectivity index is 0.00000128. The largest absolute Gasteiger partial charge is 0.465 e. The summed E-state index contributed by atoms with van der Waals surface area (Å²) in [6.07, 6.45) is 1.57. The van der Waals surface area contributed by atoms with Crippen molar-refractivity contribution in [3.05, 3.63) is 41.2 Å². The number of esters is 1. The standard InChI is InChI=1S/C11H8ClNO2.ClH/c1-15-11(14)9-4-2-3-8-7(9)5-6-13-10(8)12;/h2-6H,1H3;1H. The lowest BCUT2D eigenvalue weighted by Crippen LogP contribution is -2.01. The average Bonchev–Trinajstić information content (AvgIpc) is 2.28. The number of carbonyl (C=O) groups is 1. The Labute approximate surface area is 104 Å². The molecule has 0 bridgehead atoms. The molecule has 5 heteroatoms. The Hall–Kier alpha value is -1.32. The highest BCUT2D eigenvalue weighted by molar-refractivity contribution is 6.34. The first-order valence-corrected chi connectivity index (χ1v) is 4.73.